The molecule has 0 aliphatic carbocycles. The first kappa shape index (κ1) is 16.5. The van der Waals surface area contributed by atoms with Gasteiger partial charge in [-0.15, -0.1) is 0 Å². The molecular weight excluding hydrogens is 328 g/mol. The Labute approximate surface area is 151 Å². The van der Waals surface area contributed by atoms with E-state index in [4.69, 9.17) is 5.11 Å². The number of para-hydroxylation sites is 2. The largest absolute Gasteiger partial charge is 0.481 e. The zero-order valence-corrected chi connectivity index (χ0v) is 14.3. The van der Waals surface area contributed by atoms with Gasteiger partial charge in [0.05, 0.1) is 12.1 Å². The number of hydrogen-bond acceptors (Lipinski definition) is 3. The first-order valence-corrected chi connectivity index (χ1v) is 8.76. The average molecular weight is 348 g/mol. The second kappa shape index (κ2) is 6.77. The molecule has 1 aromatic heterocycles. The fourth-order valence-electron chi connectivity index (χ4n) is 3.72. The lowest BCUT2D eigenvalue weighted by Crippen LogP contribution is -2.43. The van der Waals surface area contributed by atoms with Gasteiger partial charge < -0.3 is 9.67 Å². The van der Waals surface area contributed by atoms with E-state index in [9.17, 15) is 9.59 Å². The predicted molar refractivity (Wildman–Crippen MR) is 99.3 cm³/mol. The molecule has 0 bridgehead atoms. The molecule has 2 aromatic carbocycles. The molecule has 0 saturated carbocycles. The van der Waals surface area contributed by atoms with Crippen molar-refractivity contribution in [3.8, 4) is 5.69 Å². The molecule has 1 unspecified atom stereocenters. The number of benzene rings is 2. The van der Waals surface area contributed by atoms with Crippen molar-refractivity contribution in [2.24, 2.45) is 5.92 Å². The van der Waals surface area contributed by atoms with Crippen molar-refractivity contribution in [2.45, 2.75) is 13.0 Å². The van der Waals surface area contributed by atoms with Crippen LogP contribution in [-0.4, -0.2) is 39.4 Å². The van der Waals surface area contributed by atoms with Crippen LogP contribution in [0, 0.1) is 5.92 Å². The quantitative estimate of drug-likeness (QED) is 0.736. The Morgan fingerprint density at radius 2 is 1.81 bits per heavy atom. The Balaban J connectivity index is 1.67. The molecule has 0 amide bonds. The third-order valence-corrected chi connectivity index (χ3v) is 4.99. The van der Waals surface area contributed by atoms with E-state index in [1.165, 1.54) is 0 Å². The van der Waals surface area contributed by atoms with Crippen LogP contribution in [0.5, 0.6) is 0 Å². The maximum Gasteiger partial charge on any atom is 0.314 e. The van der Waals surface area contributed by atoms with E-state index in [1.54, 1.807) is 0 Å². The lowest BCUT2D eigenvalue weighted by Gasteiger charge is -2.29. The smallest absolute Gasteiger partial charge is 0.314 e. The van der Waals surface area contributed by atoms with Gasteiger partial charge in [0.15, 0.2) is 5.78 Å². The second-order valence-corrected chi connectivity index (χ2v) is 6.72. The van der Waals surface area contributed by atoms with Crippen LogP contribution in [0.4, 0.5) is 0 Å². The fourth-order valence-corrected chi connectivity index (χ4v) is 3.72. The lowest BCUT2D eigenvalue weighted by molar-refractivity contribution is -0.148. The summed E-state index contributed by atoms with van der Waals surface area (Å²) in [5.41, 5.74) is 3.30. The number of ketones is 1. The van der Waals surface area contributed by atoms with Gasteiger partial charge in [-0.25, -0.2) is 0 Å². The topological polar surface area (TPSA) is 62.5 Å². The third-order valence-electron chi connectivity index (χ3n) is 4.99. The highest BCUT2D eigenvalue weighted by Crippen LogP contribution is 2.26. The van der Waals surface area contributed by atoms with Crippen molar-refractivity contribution in [3.63, 3.8) is 0 Å². The van der Waals surface area contributed by atoms with Crippen LogP contribution in [-0.2, 0) is 16.1 Å². The highest BCUT2D eigenvalue weighted by Gasteiger charge is 2.32. The summed E-state index contributed by atoms with van der Waals surface area (Å²) in [6.45, 7) is 1.41. The molecule has 1 saturated heterocycles. The number of aromatic nitrogens is 1. The third kappa shape index (κ3) is 3.02. The highest BCUT2D eigenvalue weighted by molar-refractivity contribution is 5.99. The standard InChI is InChI=1S/C21H20N2O3/c24-20-14-22(11-10-18(20)21(25)26)13-17-12-15-6-4-5-9-19(15)23(17)16-7-2-1-3-8-16/h1-9,12,18H,10-11,13-14H2,(H,25,26). The number of rotatable bonds is 4. The SMILES string of the molecule is O=C(O)C1CCN(Cc2cc3ccccc3n2-c2ccccc2)CC1=O. The maximum atomic E-state index is 12.1. The zero-order valence-electron chi connectivity index (χ0n) is 14.3. The van der Waals surface area contributed by atoms with Crippen LogP contribution >= 0.6 is 0 Å². The van der Waals surface area contributed by atoms with E-state index in [0.717, 1.165) is 22.3 Å². The lowest BCUT2D eigenvalue weighted by atomic mass is 9.95. The van der Waals surface area contributed by atoms with Crippen LogP contribution in [0.3, 0.4) is 0 Å². The van der Waals surface area contributed by atoms with E-state index in [2.05, 4.69) is 34.9 Å². The minimum absolute atomic E-state index is 0.188. The normalized spacial score (nSPS) is 18.3. The summed E-state index contributed by atoms with van der Waals surface area (Å²) in [5, 5.41) is 10.3. The number of hydrogen-bond donors (Lipinski definition) is 1. The van der Waals surface area contributed by atoms with Crippen molar-refractivity contribution in [2.75, 3.05) is 13.1 Å². The maximum absolute atomic E-state index is 12.1. The predicted octanol–water partition coefficient (Wildman–Crippen LogP) is 3.11. The number of likely N-dealkylation sites (tertiary alicyclic amines) is 1. The summed E-state index contributed by atoms with van der Waals surface area (Å²) in [7, 11) is 0. The molecule has 1 atom stereocenters. The molecule has 1 aliphatic heterocycles. The number of carbonyl (C=O) groups excluding carboxylic acids is 1. The van der Waals surface area contributed by atoms with Crippen LogP contribution in [0.15, 0.2) is 60.7 Å². The Bertz CT molecular complexity index is 962. The number of nitrogens with zero attached hydrogens (tertiary/aromatic N) is 2. The van der Waals surface area contributed by atoms with Crippen LogP contribution < -0.4 is 0 Å². The number of carboxylic acids is 1. The van der Waals surface area contributed by atoms with Gasteiger partial charge in [0, 0.05) is 29.9 Å². The van der Waals surface area contributed by atoms with E-state index in [-0.39, 0.29) is 12.3 Å². The summed E-state index contributed by atoms with van der Waals surface area (Å²) in [6, 6.07) is 20.5. The van der Waals surface area contributed by atoms with Gasteiger partial charge in [0.1, 0.15) is 5.92 Å². The molecule has 132 valence electrons. The summed E-state index contributed by atoms with van der Waals surface area (Å²) in [4.78, 5) is 25.3. The van der Waals surface area contributed by atoms with Crippen LogP contribution in [0.25, 0.3) is 16.6 Å². The van der Waals surface area contributed by atoms with E-state index in [0.29, 0.717) is 19.5 Å². The molecule has 26 heavy (non-hydrogen) atoms. The molecule has 1 aliphatic rings. The minimum atomic E-state index is -1.01. The average Bonchev–Trinajstić information content (AvgIpc) is 3.00. The van der Waals surface area contributed by atoms with Crippen molar-refractivity contribution in [3.05, 3.63) is 66.4 Å². The number of Topliss-reactive ketones (excluding diaryl/α,β-unsaturated/α-hetero) is 1. The highest BCUT2D eigenvalue weighted by atomic mass is 16.4. The molecule has 5 heteroatoms. The van der Waals surface area contributed by atoms with Gasteiger partial charge in [-0.2, -0.15) is 0 Å². The first-order chi connectivity index (χ1) is 12.6. The van der Waals surface area contributed by atoms with Gasteiger partial charge in [-0.3, -0.25) is 14.5 Å². The van der Waals surface area contributed by atoms with Crippen molar-refractivity contribution in [1.29, 1.82) is 0 Å². The first-order valence-electron chi connectivity index (χ1n) is 8.76. The van der Waals surface area contributed by atoms with Gasteiger partial charge >= 0.3 is 5.97 Å². The van der Waals surface area contributed by atoms with Crippen molar-refractivity contribution in [1.82, 2.24) is 9.47 Å². The monoisotopic (exact) mass is 348 g/mol. The van der Waals surface area contributed by atoms with Gasteiger partial charge in [-0.1, -0.05) is 36.4 Å². The van der Waals surface area contributed by atoms with Gasteiger partial charge in [0.25, 0.3) is 0 Å². The Kier molecular flexibility index (Phi) is 4.31. The van der Waals surface area contributed by atoms with Crippen molar-refractivity contribution >= 4 is 22.7 Å². The van der Waals surface area contributed by atoms with Gasteiger partial charge in [-0.05, 0) is 30.7 Å². The molecule has 1 fully saturated rings. The minimum Gasteiger partial charge on any atom is -0.481 e. The van der Waals surface area contributed by atoms with Crippen LogP contribution in [0.2, 0.25) is 0 Å². The van der Waals surface area contributed by atoms with E-state index in [1.807, 2.05) is 35.2 Å². The van der Waals surface area contributed by atoms with Gasteiger partial charge in [0.2, 0.25) is 0 Å². The number of aliphatic carboxylic acids is 1. The summed E-state index contributed by atoms with van der Waals surface area (Å²) in [6.07, 6.45) is 0.375. The number of carboxylic acid groups (broad SMARTS) is 1. The Morgan fingerprint density at radius 3 is 2.54 bits per heavy atom. The number of fused-ring (bicyclic) bond motifs is 1. The van der Waals surface area contributed by atoms with E-state index >= 15 is 0 Å². The Hall–Kier alpha value is -2.92. The Morgan fingerprint density at radius 1 is 1.08 bits per heavy atom. The summed E-state index contributed by atoms with van der Waals surface area (Å²) >= 11 is 0. The van der Waals surface area contributed by atoms with Crippen molar-refractivity contribution < 1.29 is 14.7 Å². The molecule has 0 radical (unpaired) electrons. The second-order valence-electron chi connectivity index (χ2n) is 6.72. The molecule has 0 spiro atoms. The number of piperidine rings is 1. The fraction of sp³-hybridized carbons (Fsp3) is 0.238. The zero-order chi connectivity index (χ0) is 18.1. The molecule has 4 rings (SSSR count). The molecule has 1 N–H and O–H groups in total. The number of carbonyl (C=O) groups is 2. The molecule has 3 aromatic rings. The summed E-state index contributed by atoms with van der Waals surface area (Å²) in [5.74, 6) is -2.06. The van der Waals surface area contributed by atoms with Crippen LogP contribution in [0.1, 0.15) is 12.1 Å². The molecular formula is C21H20N2O3. The molecule has 5 nitrogen and oxygen atoms in total. The molecule has 2 heterocycles. The van der Waals surface area contributed by atoms with E-state index < -0.39 is 11.9 Å². The summed E-state index contributed by atoms with van der Waals surface area (Å²) < 4.78 is 2.21.